The molecule has 0 aromatic heterocycles. The molecule has 0 fully saturated rings. The van der Waals surface area contributed by atoms with Gasteiger partial charge in [-0.3, -0.25) is 4.79 Å². The molecule has 4 nitrogen and oxygen atoms in total. The van der Waals surface area contributed by atoms with Crippen LogP contribution in [0.4, 0.5) is 0 Å². The van der Waals surface area contributed by atoms with E-state index in [9.17, 15) is 15.0 Å². The summed E-state index contributed by atoms with van der Waals surface area (Å²) >= 11 is 0. The fourth-order valence-corrected chi connectivity index (χ4v) is 8.70. The van der Waals surface area contributed by atoms with Crippen molar-refractivity contribution in [1.82, 2.24) is 5.32 Å². The van der Waals surface area contributed by atoms with Gasteiger partial charge in [0, 0.05) is 6.42 Å². The number of aliphatic hydroxyl groups is 2. The predicted octanol–water partition coefficient (Wildman–Crippen LogP) is 18.6. The summed E-state index contributed by atoms with van der Waals surface area (Å²) in [6.45, 7) is 4.31. The summed E-state index contributed by atoms with van der Waals surface area (Å²) in [7, 11) is 0. The zero-order chi connectivity index (χ0) is 45.6. The third-order valence-corrected chi connectivity index (χ3v) is 13.0. The van der Waals surface area contributed by atoms with Gasteiger partial charge >= 0.3 is 0 Å². The zero-order valence-corrected chi connectivity index (χ0v) is 42.6. The van der Waals surface area contributed by atoms with Crippen LogP contribution in [-0.4, -0.2) is 34.9 Å². The Kier molecular flexibility index (Phi) is 53.3. The van der Waals surface area contributed by atoms with Gasteiger partial charge in [0.05, 0.1) is 18.8 Å². The number of amides is 1. The van der Waals surface area contributed by atoms with Crippen LogP contribution in [0.5, 0.6) is 0 Å². The first-order valence-corrected chi connectivity index (χ1v) is 28.4. The highest BCUT2D eigenvalue weighted by atomic mass is 16.3. The molecule has 1 amide bonds. The first kappa shape index (κ1) is 61.4. The molecule has 2 atom stereocenters. The van der Waals surface area contributed by atoms with Crippen molar-refractivity contribution in [2.45, 2.75) is 315 Å². The summed E-state index contributed by atoms with van der Waals surface area (Å²) in [6.07, 6.45) is 75.6. The molecule has 0 aliphatic rings. The number of rotatable bonds is 52. The van der Waals surface area contributed by atoms with E-state index in [4.69, 9.17) is 0 Å². The van der Waals surface area contributed by atoms with Crippen LogP contribution in [0.3, 0.4) is 0 Å². The SMILES string of the molecule is CCCCCCC/C=C\C/C=C\CCCCCCCCCCCCCCCCCCCC(=O)NC(CO)C(O)/C=C/CC/C=C/CCCCCCCCCCCCCCCCCC. The molecule has 0 rings (SSSR count). The van der Waals surface area contributed by atoms with Gasteiger partial charge in [0.15, 0.2) is 0 Å². The average Bonchev–Trinajstić information content (AvgIpc) is 3.29. The van der Waals surface area contributed by atoms with Crippen LogP contribution in [0.2, 0.25) is 0 Å². The van der Waals surface area contributed by atoms with Crippen molar-refractivity contribution in [3.05, 3.63) is 48.6 Å². The van der Waals surface area contributed by atoms with Gasteiger partial charge in [-0.1, -0.05) is 281 Å². The molecule has 0 saturated heterocycles. The molecule has 0 saturated carbocycles. The van der Waals surface area contributed by atoms with E-state index in [1.165, 1.54) is 244 Å². The molecule has 370 valence electrons. The quantitative estimate of drug-likeness (QED) is 0.0421. The van der Waals surface area contributed by atoms with Crippen LogP contribution >= 0.6 is 0 Å². The lowest BCUT2D eigenvalue weighted by atomic mass is 10.0. The molecule has 0 aromatic rings. The molecule has 0 heterocycles. The molecular weight excluding hydrogens is 771 g/mol. The predicted molar refractivity (Wildman–Crippen MR) is 281 cm³/mol. The van der Waals surface area contributed by atoms with E-state index < -0.39 is 12.1 Å². The number of hydrogen-bond donors (Lipinski definition) is 3. The fraction of sp³-hybridized carbons (Fsp3) is 0.847. The summed E-state index contributed by atoms with van der Waals surface area (Å²) in [5.41, 5.74) is 0. The number of carbonyl (C=O) groups excluding carboxylic acids is 1. The maximum atomic E-state index is 12.5. The lowest BCUT2D eigenvalue weighted by molar-refractivity contribution is -0.123. The van der Waals surface area contributed by atoms with E-state index in [0.29, 0.717) is 6.42 Å². The van der Waals surface area contributed by atoms with Crippen LogP contribution in [0, 0.1) is 0 Å². The Bertz CT molecular complexity index is 1000. The molecule has 0 bridgehead atoms. The van der Waals surface area contributed by atoms with Gasteiger partial charge in [0.1, 0.15) is 0 Å². The molecule has 4 heteroatoms. The molecule has 3 N–H and O–H groups in total. The summed E-state index contributed by atoms with van der Waals surface area (Å²) in [4.78, 5) is 12.5. The number of allylic oxidation sites excluding steroid dienone is 7. The van der Waals surface area contributed by atoms with Crippen LogP contribution in [-0.2, 0) is 4.79 Å². The van der Waals surface area contributed by atoms with Crippen LogP contribution < -0.4 is 5.32 Å². The Hall–Kier alpha value is -1.65. The Labute approximate surface area is 394 Å². The summed E-state index contributed by atoms with van der Waals surface area (Å²) in [5.74, 6) is -0.0700. The van der Waals surface area contributed by atoms with Crippen LogP contribution in [0.25, 0.3) is 0 Å². The summed E-state index contributed by atoms with van der Waals surface area (Å²) in [5, 5.41) is 23.1. The van der Waals surface area contributed by atoms with Gasteiger partial charge in [0.25, 0.3) is 0 Å². The molecular formula is C59H111NO3. The molecule has 0 aliphatic carbocycles. The highest BCUT2D eigenvalue weighted by Gasteiger charge is 2.18. The molecule has 0 aliphatic heterocycles. The van der Waals surface area contributed by atoms with Crippen molar-refractivity contribution >= 4 is 5.91 Å². The van der Waals surface area contributed by atoms with Crippen molar-refractivity contribution in [2.24, 2.45) is 0 Å². The Balaban J connectivity index is 3.51. The number of nitrogens with one attached hydrogen (secondary N) is 1. The normalized spacial score (nSPS) is 13.1. The van der Waals surface area contributed by atoms with Crippen molar-refractivity contribution in [1.29, 1.82) is 0 Å². The van der Waals surface area contributed by atoms with Crippen LogP contribution in [0.15, 0.2) is 48.6 Å². The topological polar surface area (TPSA) is 69.6 Å². The summed E-state index contributed by atoms with van der Waals surface area (Å²) < 4.78 is 0. The maximum Gasteiger partial charge on any atom is 0.220 e. The van der Waals surface area contributed by atoms with E-state index >= 15 is 0 Å². The first-order valence-electron chi connectivity index (χ1n) is 28.4. The van der Waals surface area contributed by atoms with E-state index in [0.717, 1.165) is 38.5 Å². The molecule has 0 radical (unpaired) electrons. The van der Waals surface area contributed by atoms with Gasteiger partial charge in [0.2, 0.25) is 5.91 Å². The van der Waals surface area contributed by atoms with Crippen LogP contribution in [0.1, 0.15) is 303 Å². The van der Waals surface area contributed by atoms with E-state index in [2.05, 4.69) is 55.6 Å². The zero-order valence-electron chi connectivity index (χ0n) is 42.6. The second kappa shape index (κ2) is 54.7. The van der Waals surface area contributed by atoms with Gasteiger partial charge in [-0.25, -0.2) is 0 Å². The number of hydrogen-bond acceptors (Lipinski definition) is 3. The fourth-order valence-electron chi connectivity index (χ4n) is 8.70. The lowest BCUT2D eigenvalue weighted by Crippen LogP contribution is -2.45. The molecule has 63 heavy (non-hydrogen) atoms. The highest BCUT2D eigenvalue weighted by molar-refractivity contribution is 5.76. The first-order chi connectivity index (χ1) is 31.2. The average molecular weight is 883 g/mol. The minimum Gasteiger partial charge on any atom is -0.394 e. The van der Waals surface area contributed by atoms with Gasteiger partial charge < -0.3 is 15.5 Å². The Morgan fingerprint density at radius 3 is 1.02 bits per heavy atom. The molecule has 2 unspecified atom stereocenters. The highest BCUT2D eigenvalue weighted by Crippen LogP contribution is 2.17. The number of unbranched alkanes of at least 4 members (excludes halogenated alkanes) is 39. The van der Waals surface area contributed by atoms with E-state index in [1.807, 2.05) is 6.08 Å². The molecule has 0 aromatic carbocycles. The van der Waals surface area contributed by atoms with Crippen molar-refractivity contribution in [3.63, 3.8) is 0 Å². The summed E-state index contributed by atoms with van der Waals surface area (Å²) in [6, 6.07) is -0.639. The van der Waals surface area contributed by atoms with Crippen molar-refractivity contribution in [3.8, 4) is 0 Å². The smallest absolute Gasteiger partial charge is 0.220 e. The second-order valence-electron chi connectivity index (χ2n) is 19.3. The Morgan fingerprint density at radius 2 is 0.667 bits per heavy atom. The van der Waals surface area contributed by atoms with Gasteiger partial charge in [-0.2, -0.15) is 0 Å². The lowest BCUT2D eigenvalue weighted by Gasteiger charge is -2.19. The van der Waals surface area contributed by atoms with Gasteiger partial charge in [-0.05, 0) is 64.2 Å². The van der Waals surface area contributed by atoms with Crippen molar-refractivity contribution in [2.75, 3.05) is 6.61 Å². The third kappa shape index (κ3) is 51.2. The van der Waals surface area contributed by atoms with Crippen molar-refractivity contribution < 1.29 is 15.0 Å². The standard InChI is InChI=1S/C59H111NO3/c1-3-5-7-9-11-13-15-17-19-21-23-25-27-28-29-30-31-32-33-35-37-39-41-43-45-47-49-51-53-55-59(63)60-57(56-61)58(62)54-52-50-48-46-44-42-40-38-36-34-26-24-22-20-18-16-14-12-10-8-6-4-2/h15,17,21,23,44,46,52,54,57-58,61-62H,3-14,16,18-20,22,24-43,45,47-51,53,55-56H2,1-2H3,(H,60,63)/b17-15-,23-21-,46-44+,54-52+. The van der Waals surface area contributed by atoms with E-state index in [1.54, 1.807) is 6.08 Å². The monoisotopic (exact) mass is 882 g/mol. The molecule has 0 spiro atoms. The number of carbonyl (C=O) groups is 1. The minimum absolute atomic E-state index is 0.0700. The largest absolute Gasteiger partial charge is 0.394 e. The third-order valence-electron chi connectivity index (χ3n) is 13.0. The van der Waals surface area contributed by atoms with Gasteiger partial charge in [-0.15, -0.1) is 0 Å². The number of aliphatic hydroxyl groups excluding tert-OH is 2. The van der Waals surface area contributed by atoms with E-state index in [-0.39, 0.29) is 12.5 Å². The maximum absolute atomic E-state index is 12.5. The second-order valence-corrected chi connectivity index (χ2v) is 19.3. The minimum atomic E-state index is -0.863. The Morgan fingerprint density at radius 1 is 0.381 bits per heavy atom.